The molecule has 2 aromatic rings. The second-order valence-corrected chi connectivity index (χ2v) is 6.46. The molecule has 7 nitrogen and oxygen atoms in total. The highest BCUT2D eigenvalue weighted by molar-refractivity contribution is 5.91. The van der Waals surface area contributed by atoms with Crippen molar-refractivity contribution < 1.29 is 9.59 Å². The molecule has 0 spiro atoms. The van der Waals surface area contributed by atoms with Crippen molar-refractivity contribution in [2.75, 3.05) is 19.6 Å². The molecule has 0 aliphatic carbocycles. The lowest BCUT2D eigenvalue weighted by atomic mass is 10.1. The molecule has 0 unspecified atom stereocenters. The molecule has 134 valence electrons. The molecule has 0 saturated carbocycles. The van der Waals surface area contributed by atoms with E-state index in [9.17, 15) is 9.59 Å². The summed E-state index contributed by atoms with van der Waals surface area (Å²) in [7, 11) is 0. The summed E-state index contributed by atoms with van der Waals surface area (Å²) in [4.78, 5) is 29.0. The Bertz CT molecular complexity index is 768. The van der Waals surface area contributed by atoms with Crippen LogP contribution in [0.3, 0.4) is 0 Å². The quantitative estimate of drug-likeness (QED) is 0.843. The lowest BCUT2D eigenvalue weighted by Crippen LogP contribution is -2.48. The van der Waals surface area contributed by atoms with E-state index in [4.69, 9.17) is 5.73 Å². The van der Waals surface area contributed by atoms with E-state index in [0.717, 1.165) is 16.6 Å². The van der Waals surface area contributed by atoms with E-state index in [1.807, 2.05) is 38.1 Å². The van der Waals surface area contributed by atoms with E-state index >= 15 is 0 Å². The van der Waals surface area contributed by atoms with Gasteiger partial charge in [0.25, 0.3) is 0 Å². The Morgan fingerprint density at radius 2 is 2.04 bits per heavy atom. The molecule has 1 fully saturated rings. The van der Waals surface area contributed by atoms with Crippen LogP contribution < -0.4 is 5.73 Å². The van der Waals surface area contributed by atoms with Gasteiger partial charge in [-0.05, 0) is 26.3 Å². The number of rotatable bonds is 5. The Balaban J connectivity index is 1.78. The van der Waals surface area contributed by atoms with E-state index < -0.39 is 6.04 Å². The van der Waals surface area contributed by atoms with Gasteiger partial charge in [-0.2, -0.15) is 5.10 Å². The Kier molecular flexibility index (Phi) is 5.03. The van der Waals surface area contributed by atoms with Crippen LogP contribution in [0.25, 0.3) is 10.9 Å². The third kappa shape index (κ3) is 3.37. The number of carbonyl (C=O) groups excluding carboxylic acids is 2. The number of nitrogens with two attached hydrogens (primary N) is 1. The minimum absolute atomic E-state index is 0.0132. The van der Waals surface area contributed by atoms with Crippen LogP contribution in [0.1, 0.15) is 26.0 Å². The number of benzene rings is 1. The summed E-state index contributed by atoms with van der Waals surface area (Å²) in [5.74, 6) is -0.103. The van der Waals surface area contributed by atoms with E-state index in [-0.39, 0.29) is 24.3 Å². The highest BCUT2D eigenvalue weighted by Gasteiger charge is 2.39. The second-order valence-electron chi connectivity index (χ2n) is 6.46. The molecule has 1 saturated heterocycles. The zero-order valence-electron chi connectivity index (χ0n) is 14.7. The topological polar surface area (TPSA) is 95.3 Å². The molecular weight excluding hydrogens is 318 g/mol. The number of fused-ring (bicyclic) bond motifs is 1. The number of likely N-dealkylation sites (tertiary alicyclic amines) is 1. The van der Waals surface area contributed by atoms with Crippen LogP contribution in [-0.2, 0) is 16.0 Å². The van der Waals surface area contributed by atoms with Gasteiger partial charge in [-0.1, -0.05) is 18.2 Å². The number of likely N-dealkylation sites (N-methyl/N-ethyl adjacent to an activating group) is 1. The standard InChI is InChI=1S/C18H25N5O2/c1-3-22(4-2)18(25)16-9-12(19)11-23(16)17(24)10-15-13-7-5-6-8-14(13)20-21-15/h5-8,12,16H,3-4,9-11,19H2,1-2H3,(H,20,21)/t12-,16-/m0/s1. The fourth-order valence-electron chi connectivity index (χ4n) is 3.53. The van der Waals surface area contributed by atoms with Crippen LogP contribution in [0.4, 0.5) is 0 Å². The van der Waals surface area contributed by atoms with Crippen molar-refractivity contribution in [3.8, 4) is 0 Å². The van der Waals surface area contributed by atoms with E-state index in [1.165, 1.54) is 0 Å². The highest BCUT2D eigenvalue weighted by Crippen LogP contribution is 2.22. The lowest BCUT2D eigenvalue weighted by molar-refractivity contribution is -0.143. The maximum Gasteiger partial charge on any atom is 0.245 e. The molecule has 1 aliphatic rings. The number of aromatic nitrogens is 2. The molecule has 0 radical (unpaired) electrons. The summed E-state index contributed by atoms with van der Waals surface area (Å²) in [5.41, 5.74) is 7.66. The van der Waals surface area contributed by atoms with Gasteiger partial charge < -0.3 is 15.5 Å². The van der Waals surface area contributed by atoms with Crippen molar-refractivity contribution in [2.45, 2.75) is 38.8 Å². The van der Waals surface area contributed by atoms with Crippen LogP contribution >= 0.6 is 0 Å². The molecule has 1 aliphatic heterocycles. The van der Waals surface area contributed by atoms with Gasteiger partial charge >= 0.3 is 0 Å². The maximum atomic E-state index is 12.9. The molecule has 3 N–H and O–H groups in total. The zero-order chi connectivity index (χ0) is 18.0. The molecule has 3 rings (SSSR count). The van der Waals surface area contributed by atoms with Gasteiger partial charge in [0.15, 0.2) is 0 Å². The molecular formula is C18H25N5O2. The largest absolute Gasteiger partial charge is 0.341 e. The molecule has 2 atom stereocenters. The number of nitrogens with one attached hydrogen (secondary N) is 1. The molecule has 0 bridgehead atoms. The van der Waals surface area contributed by atoms with Crippen LogP contribution in [0.5, 0.6) is 0 Å². The van der Waals surface area contributed by atoms with Gasteiger partial charge in [0.1, 0.15) is 6.04 Å². The van der Waals surface area contributed by atoms with Crippen molar-refractivity contribution in [1.29, 1.82) is 0 Å². The number of H-pyrrole nitrogens is 1. The first kappa shape index (κ1) is 17.4. The number of hydrogen-bond acceptors (Lipinski definition) is 4. The maximum absolute atomic E-state index is 12.9. The highest BCUT2D eigenvalue weighted by atomic mass is 16.2. The van der Waals surface area contributed by atoms with Gasteiger partial charge in [0.2, 0.25) is 11.8 Å². The minimum Gasteiger partial charge on any atom is -0.341 e. The van der Waals surface area contributed by atoms with Gasteiger partial charge in [-0.3, -0.25) is 14.7 Å². The number of nitrogens with zero attached hydrogens (tertiary/aromatic N) is 3. The van der Waals surface area contributed by atoms with Crippen LogP contribution in [-0.4, -0.2) is 63.5 Å². The number of amides is 2. The monoisotopic (exact) mass is 343 g/mol. The number of para-hydroxylation sites is 1. The molecule has 2 heterocycles. The Morgan fingerprint density at radius 1 is 1.32 bits per heavy atom. The first-order valence-electron chi connectivity index (χ1n) is 8.80. The fourth-order valence-corrected chi connectivity index (χ4v) is 3.53. The molecule has 7 heteroatoms. The van der Waals surface area contributed by atoms with Crippen LogP contribution in [0.2, 0.25) is 0 Å². The summed E-state index contributed by atoms with van der Waals surface area (Å²) >= 11 is 0. The normalized spacial score (nSPS) is 20.2. The first-order valence-corrected chi connectivity index (χ1v) is 8.80. The predicted octanol–water partition coefficient (Wildman–Crippen LogP) is 0.902. The summed E-state index contributed by atoms with van der Waals surface area (Å²) in [6.07, 6.45) is 0.708. The number of carbonyl (C=O) groups is 2. The summed E-state index contributed by atoms with van der Waals surface area (Å²) in [5, 5.41) is 8.11. The van der Waals surface area contributed by atoms with Gasteiger partial charge in [0, 0.05) is 31.1 Å². The average molecular weight is 343 g/mol. The SMILES string of the molecule is CCN(CC)C(=O)[C@@H]1C[C@H](N)CN1C(=O)Cc1[nH]nc2ccccc12. The number of aromatic amines is 1. The molecule has 2 amide bonds. The summed E-state index contributed by atoms with van der Waals surface area (Å²) in [6.45, 7) is 5.57. The zero-order valence-corrected chi connectivity index (χ0v) is 14.7. The minimum atomic E-state index is -0.461. The molecule has 25 heavy (non-hydrogen) atoms. The van der Waals surface area contributed by atoms with Crippen molar-refractivity contribution in [1.82, 2.24) is 20.0 Å². The average Bonchev–Trinajstić information content (AvgIpc) is 3.20. The van der Waals surface area contributed by atoms with Crippen LogP contribution in [0, 0.1) is 0 Å². The molecule has 1 aromatic heterocycles. The predicted molar refractivity (Wildman–Crippen MR) is 95.8 cm³/mol. The third-order valence-electron chi connectivity index (χ3n) is 4.88. The Labute approximate surface area is 147 Å². The van der Waals surface area contributed by atoms with Crippen molar-refractivity contribution in [3.05, 3.63) is 30.0 Å². The van der Waals surface area contributed by atoms with Crippen molar-refractivity contribution in [3.63, 3.8) is 0 Å². The van der Waals surface area contributed by atoms with Crippen molar-refractivity contribution in [2.24, 2.45) is 5.73 Å². The summed E-state index contributed by atoms with van der Waals surface area (Å²) < 4.78 is 0. The van der Waals surface area contributed by atoms with E-state index in [1.54, 1.807) is 9.80 Å². The Morgan fingerprint density at radius 3 is 2.76 bits per heavy atom. The second kappa shape index (κ2) is 7.23. The Hall–Kier alpha value is -2.41. The van der Waals surface area contributed by atoms with Gasteiger partial charge in [-0.15, -0.1) is 0 Å². The third-order valence-corrected chi connectivity index (χ3v) is 4.88. The smallest absolute Gasteiger partial charge is 0.245 e. The van der Waals surface area contributed by atoms with Crippen molar-refractivity contribution >= 4 is 22.7 Å². The molecule has 1 aromatic carbocycles. The first-order chi connectivity index (χ1) is 12.0. The lowest BCUT2D eigenvalue weighted by Gasteiger charge is -2.28. The summed E-state index contributed by atoms with van der Waals surface area (Å²) in [6, 6.07) is 7.05. The van der Waals surface area contributed by atoms with Gasteiger partial charge in [0.05, 0.1) is 17.6 Å². The van der Waals surface area contributed by atoms with E-state index in [0.29, 0.717) is 26.1 Å². The van der Waals surface area contributed by atoms with Gasteiger partial charge in [-0.25, -0.2) is 0 Å². The fraction of sp³-hybridized carbons (Fsp3) is 0.500. The number of hydrogen-bond donors (Lipinski definition) is 2. The van der Waals surface area contributed by atoms with Crippen LogP contribution in [0.15, 0.2) is 24.3 Å². The van der Waals surface area contributed by atoms with E-state index in [2.05, 4.69) is 10.2 Å².